The number of hydrogen-bond acceptors (Lipinski definition) is 2. The lowest BCUT2D eigenvalue weighted by atomic mass is 10.1. The summed E-state index contributed by atoms with van der Waals surface area (Å²) in [6.45, 7) is 0. The number of benzene rings is 1. The van der Waals surface area contributed by atoms with Gasteiger partial charge >= 0.3 is 0 Å². The minimum absolute atomic E-state index is 0.326. The Morgan fingerprint density at radius 1 is 0.938 bits per heavy atom. The van der Waals surface area contributed by atoms with Crippen molar-refractivity contribution in [3.05, 3.63) is 29.8 Å². The van der Waals surface area contributed by atoms with Gasteiger partial charge in [0.05, 0.1) is 0 Å². The van der Waals surface area contributed by atoms with E-state index in [1.165, 1.54) is 24.8 Å². The molecule has 0 radical (unpaired) electrons. The molecule has 0 amide bonds. The highest BCUT2D eigenvalue weighted by molar-refractivity contribution is 7.94. The summed E-state index contributed by atoms with van der Waals surface area (Å²) in [5.74, 6) is 0.963. The van der Waals surface area contributed by atoms with Crippen LogP contribution in [-0.4, -0.2) is 10.9 Å². The van der Waals surface area contributed by atoms with Gasteiger partial charge in [-0.1, -0.05) is 31.4 Å². The maximum atomic E-state index is 11.7. The first-order chi connectivity index (χ1) is 7.83. The van der Waals surface area contributed by atoms with Crippen LogP contribution >= 0.6 is 12.1 Å². The van der Waals surface area contributed by atoms with E-state index in [2.05, 4.69) is 0 Å². The highest BCUT2D eigenvalue weighted by Gasteiger charge is 1.95. The van der Waals surface area contributed by atoms with Crippen molar-refractivity contribution in [1.82, 2.24) is 0 Å². The van der Waals surface area contributed by atoms with E-state index in [4.69, 9.17) is 5.11 Å². The zero-order chi connectivity index (χ0) is 11.6. The molecule has 0 aliphatic carbocycles. The van der Waals surface area contributed by atoms with Crippen molar-refractivity contribution in [2.75, 3.05) is 5.75 Å². The minimum Gasteiger partial charge on any atom is -0.508 e. The number of phenols is 1. The molecular formula is C13H19FOS. The molecule has 0 unspecified atom stereocenters. The SMILES string of the molecule is Oc1ccc(CCCCCCCSF)cc1. The van der Waals surface area contributed by atoms with Crippen LogP contribution in [0.5, 0.6) is 5.75 Å². The molecule has 3 heteroatoms. The smallest absolute Gasteiger partial charge is 0.115 e. The van der Waals surface area contributed by atoms with Crippen LogP contribution in [0.3, 0.4) is 0 Å². The number of halogens is 1. The first-order valence-corrected chi connectivity index (χ1v) is 6.73. The van der Waals surface area contributed by atoms with Gasteiger partial charge in [-0.25, -0.2) is 0 Å². The third-order valence-corrected chi connectivity index (χ3v) is 3.07. The van der Waals surface area contributed by atoms with Gasteiger partial charge in [0.2, 0.25) is 0 Å². The standard InChI is InChI=1S/C13H19FOS/c14-16-11-5-3-1-2-4-6-12-7-9-13(15)10-8-12/h7-10,15H,1-6,11H2. The molecule has 0 saturated carbocycles. The quantitative estimate of drug-likeness (QED) is 0.677. The lowest BCUT2D eigenvalue weighted by Crippen LogP contribution is -1.86. The molecule has 0 bridgehead atoms. The minimum atomic E-state index is 0.326. The highest BCUT2D eigenvalue weighted by Crippen LogP contribution is 2.14. The van der Waals surface area contributed by atoms with Crippen molar-refractivity contribution in [1.29, 1.82) is 0 Å². The highest BCUT2D eigenvalue weighted by atomic mass is 32.2. The van der Waals surface area contributed by atoms with E-state index in [0.29, 0.717) is 23.7 Å². The Bertz CT molecular complexity index is 274. The Balaban J connectivity index is 2.01. The Morgan fingerprint density at radius 3 is 2.25 bits per heavy atom. The maximum absolute atomic E-state index is 11.7. The normalized spacial score (nSPS) is 10.6. The summed E-state index contributed by atoms with van der Waals surface area (Å²) < 4.78 is 11.7. The van der Waals surface area contributed by atoms with Crippen molar-refractivity contribution in [3.8, 4) is 5.75 Å². The average Bonchev–Trinajstić information content (AvgIpc) is 2.30. The van der Waals surface area contributed by atoms with Crippen LogP contribution in [0.4, 0.5) is 3.89 Å². The molecule has 0 heterocycles. The van der Waals surface area contributed by atoms with E-state index in [1.807, 2.05) is 12.1 Å². The summed E-state index contributed by atoms with van der Waals surface area (Å²) in [4.78, 5) is 0. The van der Waals surface area contributed by atoms with Gasteiger partial charge in [-0.15, -0.1) is 0 Å². The lowest BCUT2D eigenvalue weighted by molar-refractivity contribution is 0.475. The molecule has 1 aromatic carbocycles. The van der Waals surface area contributed by atoms with E-state index in [0.717, 1.165) is 19.3 Å². The van der Waals surface area contributed by atoms with Crippen molar-refractivity contribution in [2.24, 2.45) is 0 Å². The molecule has 16 heavy (non-hydrogen) atoms. The van der Waals surface area contributed by atoms with Crippen LogP contribution in [0.25, 0.3) is 0 Å². The fourth-order valence-electron chi connectivity index (χ4n) is 1.68. The van der Waals surface area contributed by atoms with Gasteiger partial charge < -0.3 is 5.11 Å². The fourth-order valence-corrected chi connectivity index (χ4v) is 1.99. The monoisotopic (exact) mass is 242 g/mol. The zero-order valence-corrected chi connectivity index (χ0v) is 10.3. The third-order valence-electron chi connectivity index (χ3n) is 2.62. The number of phenolic OH excluding ortho intramolecular Hbond substituents is 1. The second-order valence-corrected chi connectivity index (χ2v) is 4.62. The van der Waals surface area contributed by atoms with Gasteiger partial charge in [0.15, 0.2) is 0 Å². The number of aromatic hydroxyl groups is 1. The lowest BCUT2D eigenvalue weighted by Gasteiger charge is -2.02. The molecule has 1 nitrogen and oxygen atoms in total. The van der Waals surface area contributed by atoms with Crippen LogP contribution in [0.2, 0.25) is 0 Å². The number of rotatable bonds is 8. The molecule has 0 saturated heterocycles. The van der Waals surface area contributed by atoms with Crippen LogP contribution in [0.1, 0.15) is 37.7 Å². The van der Waals surface area contributed by atoms with E-state index in [1.54, 1.807) is 12.1 Å². The van der Waals surface area contributed by atoms with E-state index < -0.39 is 0 Å². The van der Waals surface area contributed by atoms with Crippen LogP contribution in [0.15, 0.2) is 24.3 Å². The molecular weight excluding hydrogens is 223 g/mol. The van der Waals surface area contributed by atoms with Crippen LogP contribution in [0, 0.1) is 0 Å². The number of aryl methyl sites for hydroxylation is 1. The van der Waals surface area contributed by atoms with E-state index in [9.17, 15) is 3.89 Å². The van der Waals surface area contributed by atoms with Gasteiger partial charge in [0, 0.05) is 17.9 Å². The fraction of sp³-hybridized carbons (Fsp3) is 0.538. The van der Waals surface area contributed by atoms with Gasteiger partial charge in [-0.3, -0.25) is 0 Å². The summed E-state index contributed by atoms with van der Waals surface area (Å²) in [5, 5.41) is 9.12. The molecule has 0 fully saturated rings. The average molecular weight is 242 g/mol. The second-order valence-electron chi connectivity index (χ2n) is 4.00. The molecule has 1 aromatic rings. The van der Waals surface area contributed by atoms with Gasteiger partial charge in [0.25, 0.3) is 0 Å². The molecule has 1 N–H and O–H groups in total. The molecule has 0 atom stereocenters. The van der Waals surface area contributed by atoms with Crippen molar-refractivity contribution < 1.29 is 8.99 Å². The van der Waals surface area contributed by atoms with Gasteiger partial charge in [0.1, 0.15) is 5.75 Å². The van der Waals surface area contributed by atoms with Crippen LogP contribution < -0.4 is 0 Å². The van der Waals surface area contributed by atoms with Crippen molar-refractivity contribution in [2.45, 2.75) is 38.5 Å². The predicted molar refractivity (Wildman–Crippen MR) is 68.5 cm³/mol. The maximum Gasteiger partial charge on any atom is 0.115 e. The summed E-state index contributed by atoms with van der Waals surface area (Å²) in [6.07, 6.45) is 6.76. The van der Waals surface area contributed by atoms with Crippen molar-refractivity contribution in [3.63, 3.8) is 0 Å². The molecule has 0 aliphatic heterocycles. The Hall–Kier alpha value is -0.700. The largest absolute Gasteiger partial charge is 0.508 e. The first-order valence-electron chi connectivity index (χ1n) is 5.84. The summed E-state index contributed by atoms with van der Waals surface area (Å²) in [6, 6.07) is 7.39. The third kappa shape index (κ3) is 6.01. The zero-order valence-electron chi connectivity index (χ0n) is 9.49. The van der Waals surface area contributed by atoms with Crippen molar-refractivity contribution >= 4 is 12.1 Å². The van der Waals surface area contributed by atoms with E-state index in [-0.39, 0.29) is 0 Å². The Kier molecular flexibility index (Phi) is 7.06. The number of hydrogen-bond donors (Lipinski definition) is 1. The van der Waals surface area contributed by atoms with Gasteiger partial charge in [-0.05, 0) is 37.0 Å². The van der Waals surface area contributed by atoms with Crippen LogP contribution in [-0.2, 0) is 6.42 Å². The Labute approximate surface area is 101 Å². The first kappa shape index (κ1) is 13.4. The molecule has 0 spiro atoms. The topological polar surface area (TPSA) is 20.2 Å². The molecule has 1 rings (SSSR count). The molecule has 0 aliphatic rings. The molecule has 0 aromatic heterocycles. The second kappa shape index (κ2) is 8.45. The van der Waals surface area contributed by atoms with Gasteiger partial charge in [-0.2, -0.15) is 3.89 Å². The summed E-state index contributed by atoms with van der Waals surface area (Å²) >= 11 is 0.440. The molecule has 90 valence electrons. The number of unbranched alkanes of at least 4 members (excludes halogenated alkanes) is 4. The predicted octanol–water partition coefficient (Wildman–Crippen LogP) is 4.50. The summed E-state index contributed by atoms with van der Waals surface area (Å²) in [5.41, 5.74) is 1.28. The summed E-state index contributed by atoms with van der Waals surface area (Å²) in [7, 11) is 0. The Morgan fingerprint density at radius 2 is 1.56 bits per heavy atom. The van der Waals surface area contributed by atoms with E-state index >= 15 is 0 Å².